The van der Waals surface area contributed by atoms with Crippen LogP contribution in [-0.2, 0) is 27.3 Å². The van der Waals surface area contributed by atoms with Crippen LogP contribution in [0.15, 0.2) is 6.33 Å². The molecule has 1 saturated carbocycles. The SMILES string of the molecule is O=C(OCC1CCCC1)C(=O)On1cnc2c1CCN(C(=O)O)C2. The number of carboxylic acid groups (broad SMARTS) is 1. The van der Waals surface area contributed by atoms with E-state index in [1.807, 2.05) is 0 Å². The van der Waals surface area contributed by atoms with Crippen molar-refractivity contribution in [2.75, 3.05) is 13.2 Å². The topological polar surface area (TPSA) is 111 Å². The molecule has 2 heterocycles. The van der Waals surface area contributed by atoms with Crippen LogP contribution in [0.4, 0.5) is 4.79 Å². The van der Waals surface area contributed by atoms with E-state index in [4.69, 9.17) is 14.7 Å². The van der Waals surface area contributed by atoms with Crippen LogP contribution in [0.25, 0.3) is 0 Å². The molecule has 1 amide bonds. The monoisotopic (exact) mass is 337 g/mol. The third kappa shape index (κ3) is 3.50. The maximum atomic E-state index is 11.8. The number of imidazole rings is 1. The number of hydrogen-bond acceptors (Lipinski definition) is 6. The van der Waals surface area contributed by atoms with Gasteiger partial charge in [0.25, 0.3) is 0 Å². The minimum atomic E-state index is -1.10. The van der Waals surface area contributed by atoms with Crippen molar-refractivity contribution >= 4 is 18.0 Å². The zero-order valence-electron chi connectivity index (χ0n) is 13.1. The van der Waals surface area contributed by atoms with Crippen molar-refractivity contribution in [1.82, 2.24) is 14.6 Å². The first-order valence-electron chi connectivity index (χ1n) is 7.97. The van der Waals surface area contributed by atoms with Gasteiger partial charge in [-0.1, -0.05) is 12.8 Å². The molecule has 1 N–H and O–H groups in total. The largest absolute Gasteiger partial charge is 0.465 e. The molecule has 0 aromatic carbocycles. The predicted molar refractivity (Wildman–Crippen MR) is 78.9 cm³/mol. The molecule has 0 radical (unpaired) electrons. The maximum Gasteiger partial charge on any atom is 0.442 e. The summed E-state index contributed by atoms with van der Waals surface area (Å²) >= 11 is 0. The van der Waals surface area contributed by atoms with Crippen molar-refractivity contribution in [3.63, 3.8) is 0 Å². The Bertz CT molecular complexity index is 650. The summed E-state index contributed by atoms with van der Waals surface area (Å²) in [6, 6.07) is 0. The Morgan fingerprint density at radius 1 is 1.25 bits per heavy atom. The third-order valence-corrected chi connectivity index (χ3v) is 4.42. The molecule has 3 rings (SSSR count). The van der Waals surface area contributed by atoms with Crippen molar-refractivity contribution in [2.45, 2.75) is 38.6 Å². The smallest absolute Gasteiger partial charge is 0.442 e. The molecule has 0 saturated heterocycles. The van der Waals surface area contributed by atoms with E-state index in [0.29, 0.717) is 23.7 Å². The van der Waals surface area contributed by atoms with E-state index < -0.39 is 18.0 Å². The molecule has 1 aromatic rings. The number of amides is 1. The highest BCUT2D eigenvalue weighted by Gasteiger charge is 2.27. The molecule has 9 heteroatoms. The van der Waals surface area contributed by atoms with Gasteiger partial charge in [-0.05, 0) is 18.8 Å². The van der Waals surface area contributed by atoms with Gasteiger partial charge in [0.2, 0.25) is 0 Å². The zero-order valence-corrected chi connectivity index (χ0v) is 13.1. The molecule has 0 spiro atoms. The Labute approximate surface area is 138 Å². The molecule has 1 aliphatic heterocycles. The summed E-state index contributed by atoms with van der Waals surface area (Å²) in [7, 11) is 0. The fraction of sp³-hybridized carbons (Fsp3) is 0.600. The predicted octanol–water partition coefficient (Wildman–Crippen LogP) is 0.608. The van der Waals surface area contributed by atoms with Crippen molar-refractivity contribution in [3.8, 4) is 0 Å². The van der Waals surface area contributed by atoms with Gasteiger partial charge in [-0.2, -0.15) is 4.73 Å². The van der Waals surface area contributed by atoms with Crippen molar-refractivity contribution in [1.29, 1.82) is 0 Å². The van der Waals surface area contributed by atoms with Crippen LogP contribution in [-0.4, -0.2) is 50.9 Å². The average Bonchev–Trinajstić information content (AvgIpc) is 3.22. The lowest BCUT2D eigenvalue weighted by Crippen LogP contribution is -2.37. The van der Waals surface area contributed by atoms with Crippen molar-refractivity contribution in [3.05, 3.63) is 17.7 Å². The van der Waals surface area contributed by atoms with Crippen LogP contribution in [0, 0.1) is 5.92 Å². The summed E-state index contributed by atoms with van der Waals surface area (Å²) in [6.07, 6.45) is 4.87. The number of carbonyl (C=O) groups is 3. The van der Waals surface area contributed by atoms with Gasteiger partial charge in [0.1, 0.15) is 6.33 Å². The van der Waals surface area contributed by atoms with Crippen molar-refractivity contribution in [2.24, 2.45) is 5.92 Å². The summed E-state index contributed by atoms with van der Waals surface area (Å²) < 4.78 is 6.11. The van der Waals surface area contributed by atoms with Gasteiger partial charge in [-0.3, -0.25) is 0 Å². The van der Waals surface area contributed by atoms with Crippen LogP contribution in [0.3, 0.4) is 0 Å². The lowest BCUT2D eigenvalue weighted by molar-refractivity contribution is -0.168. The summed E-state index contributed by atoms with van der Waals surface area (Å²) in [5.74, 6) is -1.80. The van der Waals surface area contributed by atoms with E-state index in [1.54, 1.807) is 0 Å². The number of ether oxygens (including phenoxy) is 1. The van der Waals surface area contributed by atoms with Gasteiger partial charge in [0, 0.05) is 13.0 Å². The maximum absolute atomic E-state index is 11.8. The molecule has 1 aromatic heterocycles. The highest BCUT2D eigenvalue weighted by molar-refractivity contribution is 6.29. The van der Waals surface area contributed by atoms with Gasteiger partial charge >= 0.3 is 18.0 Å². The van der Waals surface area contributed by atoms with Crippen LogP contribution >= 0.6 is 0 Å². The molecule has 1 aliphatic carbocycles. The summed E-state index contributed by atoms with van der Waals surface area (Å²) in [5, 5.41) is 8.98. The number of aromatic nitrogens is 2. The number of carbonyl (C=O) groups excluding carboxylic acids is 2. The number of nitrogens with zero attached hydrogens (tertiary/aromatic N) is 3. The highest BCUT2D eigenvalue weighted by Crippen LogP contribution is 2.24. The second kappa shape index (κ2) is 6.90. The van der Waals surface area contributed by atoms with Gasteiger partial charge in [-0.25, -0.2) is 19.4 Å². The standard InChI is InChI=1S/C15H19N3O6/c19-13(23-8-10-3-1-2-4-10)14(20)24-18-9-16-11-7-17(15(21)22)6-5-12(11)18/h9-10H,1-8H2,(H,21,22). The molecule has 1 fully saturated rings. The lowest BCUT2D eigenvalue weighted by atomic mass is 10.1. The number of esters is 1. The number of fused-ring (bicyclic) bond motifs is 1. The fourth-order valence-electron chi connectivity index (χ4n) is 3.08. The lowest BCUT2D eigenvalue weighted by Gasteiger charge is -2.23. The highest BCUT2D eigenvalue weighted by atomic mass is 16.7. The van der Waals surface area contributed by atoms with E-state index in [0.717, 1.165) is 30.4 Å². The molecular formula is C15H19N3O6. The minimum Gasteiger partial charge on any atom is -0.465 e. The summed E-state index contributed by atoms with van der Waals surface area (Å²) in [4.78, 5) is 44.8. The first kappa shape index (κ1) is 16.3. The van der Waals surface area contributed by atoms with Gasteiger partial charge < -0.3 is 19.6 Å². The Kier molecular flexibility index (Phi) is 4.68. The molecule has 24 heavy (non-hydrogen) atoms. The second-order valence-corrected chi connectivity index (χ2v) is 6.05. The van der Waals surface area contributed by atoms with E-state index >= 15 is 0 Å². The second-order valence-electron chi connectivity index (χ2n) is 6.05. The van der Waals surface area contributed by atoms with E-state index in [-0.39, 0.29) is 19.7 Å². The normalized spacial score (nSPS) is 17.4. The van der Waals surface area contributed by atoms with E-state index in [9.17, 15) is 14.4 Å². The van der Waals surface area contributed by atoms with Crippen molar-refractivity contribution < 1.29 is 29.1 Å². The van der Waals surface area contributed by atoms with Crippen LogP contribution in [0.1, 0.15) is 37.1 Å². The third-order valence-electron chi connectivity index (χ3n) is 4.42. The van der Waals surface area contributed by atoms with Crippen LogP contribution in [0.2, 0.25) is 0 Å². The first-order valence-corrected chi connectivity index (χ1v) is 7.97. The number of hydrogen-bond donors (Lipinski definition) is 1. The molecule has 130 valence electrons. The van der Waals surface area contributed by atoms with E-state index in [2.05, 4.69) is 4.98 Å². The quantitative estimate of drug-likeness (QED) is 0.635. The molecule has 2 aliphatic rings. The van der Waals surface area contributed by atoms with E-state index in [1.165, 1.54) is 11.2 Å². The first-order chi connectivity index (χ1) is 11.5. The Hall–Kier alpha value is -2.58. The molecule has 9 nitrogen and oxygen atoms in total. The Balaban J connectivity index is 1.55. The minimum absolute atomic E-state index is 0.126. The molecule has 0 atom stereocenters. The molecule has 0 bridgehead atoms. The average molecular weight is 337 g/mol. The van der Waals surface area contributed by atoms with Crippen LogP contribution < -0.4 is 4.84 Å². The Morgan fingerprint density at radius 2 is 2.00 bits per heavy atom. The zero-order chi connectivity index (χ0) is 17.1. The summed E-state index contributed by atoms with van der Waals surface area (Å²) in [6.45, 7) is 0.641. The molecular weight excluding hydrogens is 318 g/mol. The number of rotatable bonds is 3. The van der Waals surface area contributed by atoms with Crippen LogP contribution in [0.5, 0.6) is 0 Å². The molecule has 0 unspecified atom stereocenters. The summed E-state index contributed by atoms with van der Waals surface area (Å²) in [5.41, 5.74) is 1.10. The van der Waals surface area contributed by atoms with Gasteiger partial charge in [0.05, 0.1) is 24.5 Å². The fourth-order valence-corrected chi connectivity index (χ4v) is 3.08. The van der Waals surface area contributed by atoms with Gasteiger partial charge in [0.15, 0.2) is 0 Å². The van der Waals surface area contributed by atoms with Gasteiger partial charge in [-0.15, -0.1) is 0 Å². The Morgan fingerprint density at radius 3 is 2.71 bits per heavy atom.